The van der Waals surface area contributed by atoms with Crippen molar-refractivity contribution in [2.45, 2.75) is 26.8 Å². The Bertz CT molecular complexity index is 1020. The summed E-state index contributed by atoms with van der Waals surface area (Å²) in [6.07, 6.45) is 0.712. The van der Waals surface area contributed by atoms with E-state index in [1.807, 2.05) is 19.1 Å². The maximum atomic E-state index is 12.6. The number of fused-ring (bicyclic) bond motifs is 1. The van der Waals surface area contributed by atoms with Crippen LogP contribution in [0.5, 0.6) is 0 Å². The quantitative estimate of drug-likeness (QED) is 0.686. The van der Waals surface area contributed by atoms with Crippen molar-refractivity contribution in [3.63, 3.8) is 0 Å². The van der Waals surface area contributed by atoms with Gasteiger partial charge in [-0.2, -0.15) is 0 Å². The van der Waals surface area contributed by atoms with E-state index in [2.05, 4.69) is 5.10 Å². The molecular weight excluding hydrogens is 342 g/mol. The molecule has 0 saturated carbocycles. The molecule has 25 heavy (non-hydrogen) atoms. The Morgan fingerprint density at radius 1 is 1.24 bits per heavy atom. The minimum Gasteiger partial charge on any atom is -0.382 e. The largest absolute Gasteiger partial charge is 0.382 e. The molecule has 0 aliphatic rings. The SMILES string of the molecule is CCOCCCn1c(C)c2c(=O)[nH]n(-c3ccccc3Cl)c2cc1=O. The summed E-state index contributed by atoms with van der Waals surface area (Å²) >= 11 is 6.24. The van der Waals surface area contributed by atoms with Crippen LogP contribution in [0.4, 0.5) is 0 Å². The summed E-state index contributed by atoms with van der Waals surface area (Å²) in [6, 6.07) is 8.65. The third-order valence-corrected chi connectivity index (χ3v) is 4.52. The first-order valence-electron chi connectivity index (χ1n) is 8.22. The highest BCUT2D eigenvalue weighted by molar-refractivity contribution is 6.32. The number of aromatic amines is 1. The molecule has 1 N–H and O–H groups in total. The van der Waals surface area contributed by atoms with Crippen LogP contribution in [0.25, 0.3) is 16.6 Å². The van der Waals surface area contributed by atoms with E-state index in [-0.39, 0.29) is 11.1 Å². The number of ether oxygens (including phenoxy) is 1. The van der Waals surface area contributed by atoms with Crippen LogP contribution in [-0.2, 0) is 11.3 Å². The minimum absolute atomic E-state index is 0.152. The van der Waals surface area contributed by atoms with E-state index in [0.717, 1.165) is 0 Å². The van der Waals surface area contributed by atoms with Gasteiger partial charge in [0.2, 0.25) is 0 Å². The number of para-hydroxylation sites is 1. The molecule has 3 rings (SSSR count). The molecule has 0 spiro atoms. The van der Waals surface area contributed by atoms with E-state index < -0.39 is 0 Å². The second-order valence-electron chi connectivity index (χ2n) is 5.76. The second-order valence-corrected chi connectivity index (χ2v) is 6.17. The predicted molar refractivity (Wildman–Crippen MR) is 99.0 cm³/mol. The highest BCUT2D eigenvalue weighted by Crippen LogP contribution is 2.23. The molecule has 0 aliphatic carbocycles. The summed E-state index contributed by atoms with van der Waals surface area (Å²) < 4.78 is 8.51. The first-order chi connectivity index (χ1) is 12.0. The van der Waals surface area contributed by atoms with Crippen LogP contribution in [0, 0.1) is 6.92 Å². The number of benzene rings is 1. The molecule has 0 atom stereocenters. The first kappa shape index (κ1) is 17.5. The molecule has 0 fully saturated rings. The van der Waals surface area contributed by atoms with Gasteiger partial charge >= 0.3 is 0 Å². The molecule has 7 heteroatoms. The van der Waals surface area contributed by atoms with Gasteiger partial charge in [-0.3, -0.25) is 19.4 Å². The zero-order chi connectivity index (χ0) is 18.0. The molecule has 3 aromatic rings. The van der Waals surface area contributed by atoms with E-state index in [0.29, 0.717) is 53.5 Å². The van der Waals surface area contributed by atoms with Crippen LogP contribution in [-0.4, -0.2) is 27.6 Å². The third kappa shape index (κ3) is 3.27. The number of nitrogens with one attached hydrogen (secondary N) is 1. The monoisotopic (exact) mass is 361 g/mol. The maximum absolute atomic E-state index is 12.6. The molecule has 132 valence electrons. The van der Waals surface area contributed by atoms with Gasteiger partial charge in [-0.25, -0.2) is 0 Å². The Labute approximate surface area is 149 Å². The molecule has 2 heterocycles. The molecule has 0 radical (unpaired) electrons. The number of rotatable bonds is 6. The van der Waals surface area contributed by atoms with Gasteiger partial charge in [-0.15, -0.1) is 0 Å². The number of pyridine rings is 1. The van der Waals surface area contributed by atoms with Gasteiger partial charge in [0.1, 0.15) is 0 Å². The third-order valence-electron chi connectivity index (χ3n) is 4.20. The average Bonchev–Trinajstić information content (AvgIpc) is 2.91. The molecule has 0 amide bonds. The molecule has 0 saturated heterocycles. The fourth-order valence-electron chi connectivity index (χ4n) is 3.00. The van der Waals surface area contributed by atoms with Crippen LogP contribution >= 0.6 is 11.6 Å². The van der Waals surface area contributed by atoms with Crippen molar-refractivity contribution in [3.05, 3.63) is 61.8 Å². The van der Waals surface area contributed by atoms with Gasteiger partial charge in [0.05, 0.1) is 21.6 Å². The molecule has 0 aliphatic heterocycles. The fourth-order valence-corrected chi connectivity index (χ4v) is 3.22. The highest BCUT2D eigenvalue weighted by Gasteiger charge is 2.16. The van der Waals surface area contributed by atoms with Crippen molar-refractivity contribution in [2.75, 3.05) is 13.2 Å². The van der Waals surface area contributed by atoms with Gasteiger partial charge in [0.15, 0.2) is 0 Å². The number of hydrogen-bond donors (Lipinski definition) is 1. The lowest BCUT2D eigenvalue weighted by Gasteiger charge is -2.11. The Morgan fingerprint density at radius 3 is 2.72 bits per heavy atom. The van der Waals surface area contributed by atoms with Gasteiger partial charge in [-0.05, 0) is 32.4 Å². The Balaban J connectivity index is 2.12. The van der Waals surface area contributed by atoms with Gasteiger partial charge < -0.3 is 9.30 Å². The smallest absolute Gasteiger partial charge is 0.274 e. The molecule has 0 unspecified atom stereocenters. The summed E-state index contributed by atoms with van der Waals surface area (Å²) in [4.78, 5) is 25.0. The number of nitrogens with zero attached hydrogens (tertiary/aromatic N) is 2. The zero-order valence-electron chi connectivity index (χ0n) is 14.2. The summed E-state index contributed by atoms with van der Waals surface area (Å²) in [5.74, 6) is 0. The van der Waals surface area contributed by atoms with Crippen LogP contribution in [0.2, 0.25) is 5.02 Å². The Hall–Kier alpha value is -2.31. The van der Waals surface area contributed by atoms with Crippen LogP contribution in [0.1, 0.15) is 19.0 Å². The predicted octanol–water partition coefficient (Wildman–Crippen LogP) is 2.87. The summed E-state index contributed by atoms with van der Waals surface area (Å²) in [5.41, 5.74) is 1.41. The minimum atomic E-state index is -0.244. The van der Waals surface area contributed by atoms with Crippen LogP contribution < -0.4 is 11.1 Å². The van der Waals surface area contributed by atoms with E-state index in [1.165, 1.54) is 6.07 Å². The average molecular weight is 362 g/mol. The maximum Gasteiger partial charge on any atom is 0.274 e. The summed E-state index contributed by atoms with van der Waals surface area (Å²) in [5, 5.41) is 3.77. The van der Waals surface area contributed by atoms with E-state index in [9.17, 15) is 9.59 Å². The number of H-pyrrole nitrogens is 1. The summed E-state index contributed by atoms with van der Waals surface area (Å²) in [6.45, 7) is 5.46. The topological polar surface area (TPSA) is 69.0 Å². The van der Waals surface area contributed by atoms with Gasteiger partial charge in [0.25, 0.3) is 11.1 Å². The van der Waals surface area contributed by atoms with Gasteiger partial charge in [-0.1, -0.05) is 23.7 Å². The van der Waals surface area contributed by atoms with Crippen molar-refractivity contribution in [3.8, 4) is 5.69 Å². The number of hydrogen-bond acceptors (Lipinski definition) is 3. The molecule has 0 bridgehead atoms. The highest BCUT2D eigenvalue weighted by atomic mass is 35.5. The van der Waals surface area contributed by atoms with E-state index >= 15 is 0 Å². The van der Waals surface area contributed by atoms with Gasteiger partial charge in [0, 0.05) is 31.5 Å². The first-order valence-corrected chi connectivity index (χ1v) is 8.60. The lowest BCUT2D eigenvalue weighted by Crippen LogP contribution is -2.23. The van der Waals surface area contributed by atoms with Crippen LogP contribution in [0.15, 0.2) is 39.9 Å². The van der Waals surface area contributed by atoms with E-state index in [4.69, 9.17) is 16.3 Å². The van der Waals surface area contributed by atoms with Crippen molar-refractivity contribution in [1.82, 2.24) is 14.3 Å². The molecule has 1 aromatic carbocycles. The zero-order valence-corrected chi connectivity index (χ0v) is 15.0. The fraction of sp³-hybridized carbons (Fsp3) is 0.333. The van der Waals surface area contributed by atoms with Crippen molar-refractivity contribution in [2.24, 2.45) is 0 Å². The lowest BCUT2D eigenvalue weighted by atomic mass is 10.2. The summed E-state index contributed by atoms with van der Waals surface area (Å²) in [7, 11) is 0. The molecular formula is C18H20ClN3O3. The number of halogens is 1. The van der Waals surface area contributed by atoms with Crippen molar-refractivity contribution >= 4 is 22.5 Å². The Morgan fingerprint density at radius 2 is 2.00 bits per heavy atom. The lowest BCUT2D eigenvalue weighted by molar-refractivity contribution is 0.141. The second kappa shape index (κ2) is 7.29. The number of aryl methyl sites for hydroxylation is 1. The van der Waals surface area contributed by atoms with Crippen molar-refractivity contribution in [1.29, 1.82) is 0 Å². The molecule has 2 aromatic heterocycles. The van der Waals surface area contributed by atoms with Crippen molar-refractivity contribution < 1.29 is 4.74 Å². The number of aromatic nitrogens is 3. The standard InChI is InChI=1S/C18H20ClN3O3/c1-3-25-10-6-9-21-12(2)17-15(11-16(21)23)22(20-18(17)24)14-8-5-4-7-13(14)19/h4-5,7-8,11H,3,6,9-10H2,1-2H3,(H,20,24). The Kier molecular flexibility index (Phi) is 5.11. The van der Waals surface area contributed by atoms with E-state index in [1.54, 1.807) is 28.3 Å². The van der Waals surface area contributed by atoms with Crippen LogP contribution in [0.3, 0.4) is 0 Å². The normalized spacial score (nSPS) is 11.3. The molecule has 6 nitrogen and oxygen atoms in total.